The van der Waals surface area contributed by atoms with E-state index in [4.69, 9.17) is 14.7 Å². The number of hydrogen-bond donors (Lipinski definition) is 1. The summed E-state index contributed by atoms with van der Waals surface area (Å²) in [6.45, 7) is 0.136. The van der Waals surface area contributed by atoms with Gasteiger partial charge in [0.2, 0.25) is 0 Å². The normalized spacial score (nSPS) is 10.3. The fraction of sp³-hybridized carbons (Fsp3) is 0.176. The molecular formula is C17H16O6. The number of aromatic carboxylic acids is 1. The number of esters is 1. The predicted molar refractivity (Wildman–Crippen MR) is 80.8 cm³/mol. The van der Waals surface area contributed by atoms with Gasteiger partial charge in [0, 0.05) is 0 Å². The first-order valence-electron chi connectivity index (χ1n) is 6.84. The SMILES string of the molecule is COOCc1cc(C(=O)O)cc(C(=O)OCc2ccccc2)c1. The Bertz CT molecular complexity index is 681. The van der Waals surface area contributed by atoms with Crippen LogP contribution in [0.15, 0.2) is 48.5 Å². The lowest BCUT2D eigenvalue weighted by Gasteiger charge is -2.08. The molecule has 2 aromatic carbocycles. The quantitative estimate of drug-likeness (QED) is 0.480. The third-order valence-corrected chi connectivity index (χ3v) is 3.03. The van der Waals surface area contributed by atoms with Crippen molar-refractivity contribution in [2.45, 2.75) is 13.2 Å². The summed E-state index contributed by atoms with van der Waals surface area (Å²) in [6.07, 6.45) is 0. The Kier molecular flexibility index (Phi) is 5.85. The summed E-state index contributed by atoms with van der Waals surface area (Å²) in [5.41, 5.74) is 1.47. The van der Waals surface area contributed by atoms with Crippen LogP contribution in [0.3, 0.4) is 0 Å². The van der Waals surface area contributed by atoms with E-state index in [-0.39, 0.29) is 24.3 Å². The van der Waals surface area contributed by atoms with E-state index in [9.17, 15) is 9.59 Å². The topological polar surface area (TPSA) is 82.1 Å². The molecule has 0 aliphatic heterocycles. The number of rotatable bonds is 7. The predicted octanol–water partition coefficient (Wildman–Crippen LogP) is 2.82. The van der Waals surface area contributed by atoms with Crippen LogP contribution in [0.4, 0.5) is 0 Å². The highest BCUT2D eigenvalue weighted by atomic mass is 17.2. The van der Waals surface area contributed by atoms with Crippen LogP contribution in [-0.4, -0.2) is 24.2 Å². The van der Waals surface area contributed by atoms with E-state index in [1.807, 2.05) is 30.3 Å². The van der Waals surface area contributed by atoms with E-state index in [0.717, 1.165) is 5.56 Å². The number of carbonyl (C=O) groups is 2. The molecular weight excluding hydrogens is 300 g/mol. The molecule has 0 bridgehead atoms. The summed E-state index contributed by atoms with van der Waals surface area (Å²) < 4.78 is 5.20. The highest BCUT2D eigenvalue weighted by Crippen LogP contribution is 2.14. The van der Waals surface area contributed by atoms with Crippen molar-refractivity contribution >= 4 is 11.9 Å². The number of carboxylic acid groups (broad SMARTS) is 1. The largest absolute Gasteiger partial charge is 0.478 e. The maximum atomic E-state index is 12.1. The van der Waals surface area contributed by atoms with Crippen molar-refractivity contribution in [1.29, 1.82) is 0 Å². The van der Waals surface area contributed by atoms with Crippen LogP contribution in [-0.2, 0) is 27.7 Å². The summed E-state index contributed by atoms with van der Waals surface area (Å²) in [6, 6.07) is 13.4. The van der Waals surface area contributed by atoms with Crippen LogP contribution in [0.2, 0.25) is 0 Å². The summed E-state index contributed by atoms with van der Waals surface area (Å²) in [7, 11) is 1.34. The van der Waals surface area contributed by atoms with Crippen molar-refractivity contribution in [2.75, 3.05) is 7.11 Å². The molecule has 0 aliphatic carbocycles. The van der Waals surface area contributed by atoms with Gasteiger partial charge in [-0.25, -0.2) is 19.4 Å². The molecule has 6 heteroatoms. The molecule has 0 atom stereocenters. The molecule has 2 aromatic rings. The van der Waals surface area contributed by atoms with Gasteiger partial charge in [-0.15, -0.1) is 0 Å². The average molecular weight is 316 g/mol. The molecule has 6 nitrogen and oxygen atoms in total. The maximum absolute atomic E-state index is 12.1. The zero-order valence-corrected chi connectivity index (χ0v) is 12.5. The van der Waals surface area contributed by atoms with Crippen molar-refractivity contribution < 1.29 is 29.2 Å². The maximum Gasteiger partial charge on any atom is 0.338 e. The van der Waals surface area contributed by atoms with Gasteiger partial charge in [-0.05, 0) is 29.3 Å². The van der Waals surface area contributed by atoms with Gasteiger partial charge in [-0.1, -0.05) is 30.3 Å². The molecule has 120 valence electrons. The van der Waals surface area contributed by atoms with E-state index in [1.54, 1.807) is 0 Å². The molecule has 0 saturated heterocycles. The lowest BCUT2D eigenvalue weighted by Crippen LogP contribution is -2.09. The standard InChI is InChI=1S/C17H16O6/c1-21-23-11-13-7-14(16(18)19)9-15(8-13)17(20)22-10-12-5-3-2-4-6-12/h2-9H,10-11H2,1H3,(H,18,19). The van der Waals surface area contributed by atoms with Crippen LogP contribution < -0.4 is 0 Å². The van der Waals surface area contributed by atoms with Gasteiger partial charge < -0.3 is 9.84 Å². The van der Waals surface area contributed by atoms with Gasteiger partial charge in [0.05, 0.1) is 18.2 Å². The zero-order chi connectivity index (χ0) is 16.7. The molecule has 1 N–H and O–H groups in total. The molecule has 23 heavy (non-hydrogen) atoms. The third kappa shape index (κ3) is 4.91. The Morgan fingerprint density at radius 3 is 2.30 bits per heavy atom. The van der Waals surface area contributed by atoms with Crippen LogP contribution in [0, 0.1) is 0 Å². The molecule has 0 spiro atoms. The number of hydrogen-bond acceptors (Lipinski definition) is 5. The molecule has 2 rings (SSSR count). The Morgan fingerprint density at radius 2 is 1.65 bits per heavy atom. The molecule has 0 saturated carbocycles. The van der Waals surface area contributed by atoms with Crippen LogP contribution in [0.1, 0.15) is 31.8 Å². The number of carbonyl (C=O) groups excluding carboxylic acids is 1. The van der Waals surface area contributed by atoms with Crippen molar-refractivity contribution in [3.05, 3.63) is 70.8 Å². The van der Waals surface area contributed by atoms with Crippen molar-refractivity contribution in [3.8, 4) is 0 Å². The van der Waals surface area contributed by atoms with Gasteiger partial charge >= 0.3 is 11.9 Å². The van der Waals surface area contributed by atoms with Crippen molar-refractivity contribution in [2.24, 2.45) is 0 Å². The molecule has 0 aliphatic rings. The fourth-order valence-corrected chi connectivity index (χ4v) is 1.95. The molecule has 0 heterocycles. The minimum absolute atomic E-state index is 0.0196. The van der Waals surface area contributed by atoms with Crippen LogP contribution in [0.25, 0.3) is 0 Å². The van der Waals surface area contributed by atoms with Gasteiger partial charge in [0.25, 0.3) is 0 Å². The second-order valence-electron chi connectivity index (χ2n) is 4.71. The van der Waals surface area contributed by atoms with E-state index in [2.05, 4.69) is 4.89 Å². The van der Waals surface area contributed by atoms with Gasteiger partial charge in [0.1, 0.15) is 13.2 Å². The lowest BCUT2D eigenvalue weighted by molar-refractivity contribution is -0.282. The monoisotopic (exact) mass is 316 g/mol. The smallest absolute Gasteiger partial charge is 0.338 e. The first kappa shape index (κ1) is 16.7. The van der Waals surface area contributed by atoms with Crippen LogP contribution >= 0.6 is 0 Å². The molecule has 0 unspecified atom stereocenters. The molecule has 0 aromatic heterocycles. The molecule has 0 radical (unpaired) electrons. The first-order valence-corrected chi connectivity index (χ1v) is 6.84. The highest BCUT2D eigenvalue weighted by Gasteiger charge is 2.14. The zero-order valence-electron chi connectivity index (χ0n) is 12.5. The second kappa shape index (κ2) is 8.07. The Balaban J connectivity index is 2.14. The summed E-state index contributed by atoms with van der Waals surface area (Å²) >= 11 is 0. The van der Waals surface area contributed by atoms with Crippen molar-refractivity contribution in [3.63, 3.8) is 0 Å². The van der Waals surface area contributed by atoms with Gasteiger partial charge in [0.15, 0.2) is 0 Å². The average Bonchev–Trinajstić information content (AvgIpc) is 2.58. The summed E-state index contributed by atoms with van der Waals surface area (Å²) in [5, 5.41) is 9.12. The summed E-state index contributed by atoms with van der Waals surface area (Å²) in [4.78, 5) is 32.6. The minimum atomic E-state index is -1.14. The highest BCUT2D eigenvalue weighted by molar-refractivity contribution is 5.94. The lowest BCUT2D eigenvalue weighted by atomic mass is 10.1. The molecule has 0 fully saturated rings. The Hall–Kier alpha value is -2.70. The third-order valence-electron chi connectivity index (χ3n) is 3.03. The minimum Gasteiger partial charge on any atom is -0.478 e. The fourth-order valence-electron chi connectivity index (χ4n) is 1.95. The van der Waals surface area contributed by atoms with E-state index in [0.29, 0.717) is 5.56 Å². The van der Waals surface area contributed by atoms with E-state index < -0.39 is 11.9 Å². The number of ether oxygens (including phenoxy) is 1. The Morgan fingerprint density at radius 1 is 0.957 bits per heavy atom. The van der Waals surface area contributed by atoms with E-state index >= 15 is 0 Å². The summed E-state index contributed by atoms with van der Waals surface area (Å²) in [5.74, 6) is -1.74. The molecule has 0 amide bonds. The van der Waals surface area contributed by atoms with E-state index in [1.165, 1.54) is 25.3 Å². The van der Waals surface area contributed by atoms with Crippen molar-refractivity contribution in [1.82, 2.24) is 0 Å². The Labute approximate surface area is 133 Å². The number of benzene rings is 2. The van der Waals surface area contributed by atoms with Gasteiger partial charge in [-0.3, -0.25) is 0 Å². The van der Waals surface area contributed by atoms with Gasteiger partial charge in [-0.2, -0.15) is 0 Å². The second-order valence-corrected chi connectivity index (χ2v) is 4.71. The number of carboxylic acids is 1. The van der Waals surface area contributed by atoms with Crippen LogP contribution in [0.5, 0.6) is 0 Å². The first-order chi connectivity index (χ1) is 11.1.